The third kappa shape index (κ3) is 41.6. The lowest BCUT2D eigenvalue weighted by Crippen LogP contribution is -2.28. The van der Waals surface area contributed by atoms with E-state index in [9.17, 15) is 14.4 Å². The van der Waals surface area contributed by atoms with Crippen molar-refractivity contribution in [2.75, 3.05) is 6.54 Å². The molecule has 1 amide bonds. The van der Waals surface area contributed by atoms with Gasteiger partial charge in [-0.3, -0.25) is 14.4 Å². The first-order chi connectivity index (χ1) is 26.5. The van der Waals surface area contributed by atoms with Crippen LogP contribution >= 0.6 is 0 Å². The van der Waals surface area contributed by atoms with Crippen LogP contribution in [-0.2, 0) is 19.1 Å². The lowest BCUT2D eigenvalue weighted by molar-refractivity contribution is -0.147. The lowest BCUT2D eigenvalue weighted by Gasteiger charge is -2.14. The third-order valence-corrected chi connectivity index (χ3v) is 9.35. The summed E-state index contributed by atoms with van der Waals surface area (Å²) in [5.74, 6) is -1.31. The van der Waals surface area contributed by atoms with E-state index in [2.05, 4.69) is 92.1 Å². The van der Waals surface area contributed by atoms with Crippen LogP contribution in [-0.4, -0.2) is 35.6 Å². The first-order valence-electron chi connectivity index (χ1n) is 22.1. The quantitative estimate of drug-likeness (QED) is 0.0371. The van der Waals surface area contributed by atoms with Gasteiger partial charge >= 0.3 is 11.9 Å². The minimum absolute atomic E-state index is 0.0880. The zero-order valence-corrected chi connectivity index (χ0v) is 34.8. The van der Waals surface area contributed by atoms with Gasteiger partial charge in [-0.2, -0.15) is 0 Å². The highest BCUT2D eigenvalue weighted by Gasteiger charge is 2.11. The fourth-order valence-corrected chi connectivity index (χ4v) is 6.10. The normalized spacial score (nSPS) is 12.8. The molecule has 6 nitrogen and oxygen atoms in total. The second-order valence-electron chi connectivity index (χ2n) is 14.6. The first kappa shape index (κ1) is 50.9. The van der Waals surface area contributed by atoms with Gasteiger partial charge in [0, 0.05) is 12.8 Å². The minimum atomic E-state index is -1.02. The molecule has 0 aromatic carbocycles. The molecule has 0 aromatic heterocycles. The molecule has 0 saturated carbocycles. The molecule has 0 heterocycles. The SMILES string of the molecule is CC/C=C\C/C=C\C/C=C\C(CCCCCCCCC(=O)NCC(=O)O)OC(=O)CCCCCCCCCC/C=C\C/C=C\C/C=C\CCCCCCC. The zero-order chi connectivity index (χ0) is 39.4. The van der Waals surface area contributed by atoms with Crippen LogP contribution in [0, 0.1) is 0 Å². The molecule has 0 rings (SSSR count). The molecule has 0 bridgehead atoms. The van der Waals surface area contributed by atoms with Crippen LogP contribution in [0.2, 0.25) is 0 Å². The van der Waals surface area contributed by atoms with Gasteiger partial charge in [0.25, 0.3) is 0 Å². The number of nitrogens with one attached hydrogen (secondary N) is 1. The highest BCUT2D eigenvalue weighted by atomic mass is 16.5. The van der Waals surface area contributed by atoms with E-state index < -0.39 is 5.97 Å². The van der Waals surface area contributed by atoms with Gasteiger partial charge < -0.3 is 15.2 Å². The molecule has 2 N–H and O–H groups in total. The highest BCUT2D eigenvalue weighted by molar-refractivity contribution is 5.80. The van der Waals surface area contributed by atoms with Crippen LogP contribution in [0.4, 0.5) is 0 Å². The van der Waals surface area contributed by atoms with E-state index in [-0.39, 0.29) is 24.5 Å². The van der Waals surface area contributed by atoms with Crippen molar-refractivity contribution in [2.24, 2.45) is 0 Å². The van der Waals surface area contributed by atoms with Gasteiger partial charge in [0.15, 0.2) is 0 Å². The van der Waals surface area contributed by atoms with Crippen LogP contribution in [0.1, 0.15) is 200 Å². The number of unbranched alkanes of at least 4 members (excludes halogenated alkanes) is 18. The molecule has 308 valence electrons. The van der Waals surface area contributed by atoms with Gasteiger partial charge in [-0.25, -0.2) is 0 Å². The zero-order valence-electron chi connectivity index (χ0n) is 34.8. The molecule has 6 heteroatoms. The first-order valence-corrected chi connectivity index (χ1v) is 22.1. The number of hydrogen-bond acceptors (Lipinski definition) is 4. The van der Waals surface area contributed by atoms with Gasteiger partial charge in [-0.05, 0) is 89.5 Å². The van der Waals surface area contributed by atoms with Crippen molar-refractivity contribution in [2.45, 2.75) is 206 Å². The Labute approximate surface area is 332 Å². The minimum Gasteiger partial charge on any atom is -0.480 e. The van der Waals surface area contributed by atoms with Gasteiger partial charge in [-0.1, -0.05) is 171 Å². The second-order valence-corrected chi connectivity index (χ2v) is 14.6. The average molecular weight is 752 g/mol. The van der Waals surface area contributed by atoms with E-state index in [0.717, 1.165) is 89.9 Å². The number of amides is 1. The number of hydrogen-bond donors (Lipinski definition) is 2. The molecule has 0 spiro atoms. The van der Waals surface area contributed by atoms with Gasteiger partial charge in [-0.15, -0.1) is 0 Å². The van der Waals surface area contributed by atoms with E-state index >= 15 is 0 Å². The highest BCUT2D eigenvalue weighted by Crippen LogP contribution is 2.15. The van der Waals surface area contributed by atoms with Crippen LogP contribution in [0.25, 0.3) is 0 Å². The summed E-state index contributed by atoms with van der Waals surface area (Å²) in [6.45, 7) is 4.08. The molecule has 0 saturated heterocycles. The largest absolute Gasteiger partial charge is 0.480 e. The maximum Gasteiger partial charge on any atom is 0.322 e. The number of aliphatic carboxylic acids is 1. The molecule has 0 aliphatic heterocycles. The number of carbonyl (C=O) groups is 3. The fourth-order valence-electron chi connectivity index (χ4n) is 6.10. The van der Waals surface area contributed by atoms with Crippen LogP contribution < -0.4 is 5.32 Å². The summed E-state index contributed by atoms with van der Waals surface area (Å²) < 4.78 is 5.91. The molecule has 1 unspecified atom stereocenters. The second kappa shape index (κ2) is 42.6. The smallest absolute Gasteiger partial charge is 0.322 e. The Morgan fingerprint density at radius 3 is 1.50 bits per heavy atom. The van der Waals surface area contributed by atoms with Crippen LogP contribution in [0.5, 0.6) is 0 Å². The summed E-state index contributed by atoms with van der Waals surface area (Å²) in [4.78, 5) is 34.9. The van der Waals surface area contributed by atoms with Crippen molar-refractivity contribution in [3.8, 4) is 0 Å². The number of carbonyl (C=O) groups excluding carboxylic acids is 2. The van der Waals surface area contributed by atoms with Gasteiger partial charge in [0.1, 0.15) is 12.6 Å². The number of ether oxygens (including phenoxy) is 1. The van der Waals surface area contributed by atoms with Crippen molar-refractivity contribution in [1.82, 2.24) is 5.32 Å². The van der Waals surface area contributed by atoms with Crippen molar-refractivity contribution in [3.63, 3.8) is 0 Å². The maximum atomic E-state index is 12.7. The van der Waals surface area contributed by atoms with E-state index in [4.69, 9.17) is 9.84 Å². The number of carboxylic acids is 1. The Morgan fingerprint density at radius 2 is 0.963 bits per heavy atom. The number of allylic oxidation sites excluding steroid dienone is 11. The molecule has 54 heavy (non-hydrogen) atoms. The molecule has 0 fully saturated rings. The molecular formula is C48H81NO5. The molecule has 0 aliphatic rings. The molecular weight excluding hydrogens is 671 g/mol. The summed E-state index contributed by atoms with van der Waals surface area (Å²) in [5.41, 5.74) is 0. The standard InChI is InChI=1S/C48H81NO5/c1-3-5-7-9-11-13-14-15-16-17-18-19-20-21-22-23-24-25-26-27-29-35-39-43-48(53)54-45(40-36-32-28-12-10-8-6-4-2)41-37-33-30-31-34-38-42-46(50)49-44-47(51)52/h6,8,12,14-15,17-18,20-21,28,36,40,45H,3-5,7,9-11,13,16,19,22-27,29-35,37-39,41-44H2,1-2H3,(H,49,50)(H,51,52)/b8-6-,15-14-,18-17-,21-20-,28-12-,40-36-. The fraction of sp³-hybridized carbons (Fsp3) is 0.688. The Balaban J connectivity index is 4.07. The van der Waals surface area contributed by atoms with Crippen molar-refractivity contribution in [1.29, 1.82) is 0 Å². The van der Waals surface area contributed by atoms with E-state index in [1.54, 1.807) is 0 Å². The summed E-state index contributed by atoms with van der Waals surface area (Å²) in [7, 11) is 0. The van der Waals surface area contributed by atoms with E-state index in [1.807, 2.05) is 0 Å². The average Bonchev–Trinajstić information content (AvgIpc) is 3.16. The molecule has 1 atom stereocenters. The van der Waals surface area contributed by atoms with Gasteiger partial charge in [0.05, 0.1) is 0 Å². The molecule has 0 aliphatic carbocycles. The lowest BCUT2D eigenvalue weighted by atomic mass is 10.0. The number of esters is 1. The number of rotatable bonds is 39. The Kier molecular flexibility index (Phi) is 40.1. The van der Waals surface area contributed by atoms with Crippen LogP contribution in [0.15, 0.2) is 72.9 Å². The Morgan fingerprint density at radius 1 is 0.519 bits per heavy atom. The summed E-state index contributed by atoms with van der Waals surface area (Å²) >= 11 is 0. The predicted molar refractivity (Wildman–Crippen MR) is 231 cm³/mol. The molecule has 0 aromatic rings. The van der Waals surface area contributed by atoms with Crippen molar-refractivity contribution in [3.05, 3.63) is 72.9 Å². The Hall–Kier alpha value is -3.15. The van der Waals surface area contributed by atoms with Crippen LogP contribution in [0.3, 0.4) is 0 Å². The van der Waals surface area contributed by atoms with Crippen molar-refractivity contribution >= 4 is 17.8 Å². The maximum absolute atomic E-state index is 12.7. The topological polar surface area (TPSA) is 92.7 Å². The predicted octanol–water partition coefficient (Wildman–Crippen LogP) is 13.8. The van der Waals surface area contributed by atoms with E-state index in [0.29, 0.717) is 12.8 Å². The summed E-state index contributed by atoms with van der Waals surface area (Å²) in [6.07, 6.45) is 57.7. The van der Waals surface area contributed by atoms with Gasteiger partial charge in [0.2, 0.25) is 5.91 Å². The molecule has 0 radical (unpaired) electrons. The van der Waals surface area contributed by atoms with Crippen molar-refractivity contribution < 1.29 is 24.2 Å². The van der Waals surface area contributed by atoms with E-state index in [1.165, 1.54) is 83.5 Å². The third-order valence-electron chi connectivity index (χ3n) is 9.35. The monoisotopic (exact) mass is 752 g/mol. The summed E-state index contributed by atoms with van der Waals surface area (Å²) in [6, 6.07) is 0. The number of carboxylic acid groups (broad SMARTS) is 1. The summed E-state index contributed by atoms with van der Waals surface area (Å²) in [5, 5.41) is 11.0. The Bertz CT molecular complexity index is 1050.